The van der Waals surface area contributed by atoms with E-state index in [2.05, 4.69) is 4.90 Å². The number of carboxylic acids is 1. The van der Waals surface area contributed by atoms with Crippen molar-refractivity contribution < 1.29 is 19.4 Å². The molecule has 2 atom stereocenters. The summed E-state index contributed by atoms with van der Waals surface area (Å²) in [7, 11) is 0. The van der Waals surface area contributed by atoms with Gasteiger partial charge in [0.15, 0.2) is 6.61 Å². The molecule has 0 bridgehead atoms. The van der Waals surface area contributed by atoms with Gasteiger partial charge in [-0.3, -0.25) is 4.90 Å². The Morgan fingerprint density at radius 1 is 1.27 bits per heavy atom. The van der Waals surface area contributed by atoms with Gasteiger partial charge in [-0.1, -0.05) is 25.0 Å². The van der Waals surface area contributed by atoms with E-state index in [1.807, 2.05) is 24.3 Å². The summed E-state index contributed by atoms with van der Waals surface area (Å²) in [6.45, 7) is 2.43. The van der Waals surface area contributed by atoms with Gasteiger partial charge in [0.2, 0.25) is 0 Å². The van der Waals surface area contributed by atoms with Crippen molar-refractivity contribution in [2.24, 2.45) is 0 Å². The molecular weight excluding hydrogens is 282 g/mol. The highest BCUT2D eigenvalue weighted by atomic mass is 16.5. The molecule has 1 saturated heterocycles. The predicted octanol–water partition coefficient (Wildman–Crippen LogP) is 2.29. The van der Waals surface area contributed by atoms with E-state index in [1.165, 1.54) is 31.2 Å². The van der Waals surface area contributed by atoms with Gasteiger partial charge in [-0.2, -0.15) is 0 Å². The van der Waals surface area contributed by atoms with Crippen molar-refractivity contribution in [2.45, 2.75) is 44.4 Å². The zero-order valence-electron chi connectivity index (χ0n) is 12.7. The average Bonchev–Trinajstić information content (AvgIpc) is 2.54. The number of hydrogen-bond acceptors (Lipinski definition) is 4. The first-order valence-corrected chi connectivity index (χ1v) is 8.01. The summed E-state index contributed by atoms with van der Waals surface area (Å²) in [4.78, 5) is 13.0. The molecule has 0 spiro atoms. The van der Waals surface area contributed by atoms with Crippen LogP contribution in [0.2, 0.25) is 0 Å². The van der Waals surface area contributed by atoms with Crippen LogP contribution in [0.3, 0.4) is 0 Å². The summed E-state index contributed by atoms with van der Waals surface area (Å²) in [5.74, 6) is -0.357. The van der Waals surface area contributed by atoms with E-state index in [-0.39, 0.29) is 6.61 Å². The fourth-order valence-electron chi connectivity index (χ4n) is 3.44. The number of fused-ring (bicyclic) bond motifs is 1. The highest BCUT2D eigenvalue weighted by Gasteiger charge is 2.33. The molecule has 0 amide bonds. The maximum atomic E-state index is 10.5. The van der Waals surface area contributed by atoms with Crippen LogP contribution in [0.15, 0.2) is 24.3 Å². The number of ether oxygens (including phenoxy) is 2. The normalized spacial score (nSPS) is 25.5. The van der Waals surface area contributed by atoms with Crippen LogP contribution in [-0.4, -0.2) is 47.9 Å². The first kappa shape index (κ1) is 15.3. The minimum absolute atomic E-state index is 0.299. The molecule has 5 heteroatoms. The lowest BCUT2D eigenvalue weighted by molar-refractivity contribution is -0.139. The molecule has 1 heterocycles. The Hall–Kier alpha value is -1.59. The quantitative estimate of drug-likeness (QED) is 0.904. The SMILES string of the molecule is O=C(O)COc1ccc(CN2CCO[C@@H]3CCCC[C@H]32)cc1. The van der Waals surface area contributed by atoms with Crippen molar-refractivity contribution in [3.8, 4) is 5.75 Å². The van der Waals surface area contributed by atoms with Crippen LogP contribution in [0.4, 0.5) is 0 Å². The van der Waals surface area contributed by atoms with Crippen molar-refractivity contribution in [1.29, 1.82) is 0 Å². The van der Waals surface area contributed by atoms with Crippen molar-refractivity contribution in [3.05, 3.63) is 29.8 Å². The van der Waals surface area contributed by atoms with Gasteiger partial charge in [0, 0.05) is 19.1 Å². The van der Waals surface area contributed by atoms with Gasteiger partial charge in [0.05, 0.1) is 12.7 Å². The van der Waals surface area contributed by atoms with E-state index < -0.39 is 5.97 Å². The Balaban J connectivity index is 1.58. The molecule has 3 rings (SSSR count). The highest BCUT2D eigenvalue weighted by molar-refractivity contribution is 5.68. The summed E-state index contributed by atoms with van der Waals surface area (Å²) in [6, 6.07) is 8.27. The topological polar surface area (TPSA) is 59.0 Å². The number of carboxylic acid groups (broad SMARTS) is 1. The molecule has 120 valence electrons. The van der Waals surface area contributed by atoms with Gasteiger partial charge in [0.25, 0.3) is 0 Å². The van der Waals surface area contributed by atoms with Gasteiger partial charge in [-0.05, 0) is 30.5 Å². The Kier molecular flexibility index (Phi) is 4.95. The zero-order valence-corrected chi connectivity index (χ0v) is 12.7. The van der Waals surface area contributed by atoms with Crippen molar-refractivity contribution in [2.75, 3.05) is 19.8 Å². The summed E-state index contributed by atoms with van der Waals surface area (Å²) >= 11 is 0. The van der Waals surface area contributed by atoms with Crippen molar-refractivity contribution in [3.63, 3.8) is 0 Å². The Morgan fingerprint density at radius 3 is 2.82 bits per heavy atom. The largest absolute Gasteiger partial charge is 0.482 e. The van der Waals surface area contributed by atoms with Gasteiger partial charge >= 0.3 is 5.97 Å². The third kappa shape index (κ3) is 3.78. The smallest absolute Gasteiger partial charge is 0.341 e. The molecule has 1 aromatic rings. The molecule has 2 aliphatic rings. The summed E-state index contributed by atoms with van der Waals surface area (Å²) in [5, 5.41) is 8.61. The second-order valence-electron chi connectivity index (χ2n) is 6.06. The number of rotatable bonds is 5. The number of morpholine rings is 1. The fraction of sp³-hybridized carbons (Fsp3) is 0.588. The Labute approximate surface area is 130 Å². The highest BCUT2D eigenvalue weighted by Crippen LogP contribution is 2.29. The van der Waals surface area contributed by atoms with Crippen LogP contribution in [0, 0.1) is 0 Å². The third-order valence-electron chi connectivity index (χ3n) is 4.52. The molecule has 5 nitrogen and oxygen atoms in total. The van der Waals surface area contributed by atoms with Crippen LogP contribution >= 0.6 is 0 Å². The molecule has 1 aliphatic carbocycles. The maximum absolute atomic E-state index is 10.5. The van der Waals surface area contributed by atoms with Gasteiger partial charge in [-0.25, -0.2) is 4.79 Å². The molecule has 1 N–H and O–H groups in total. The van der Waals surface area contributed by atoms with Crippen LogP contribution in [0.25, 0.3) is 0 Å². The van der Waals surface area contributed by atoms with Crippen LogP contribution in [0.5, 0.6) is 5.75 Å². The van der Waals surface area contributed by atoms with Crippen LogP contribution in [0.1, 0.15) is 31.2 Å². The molecule has 22 heavy (non-hydrogen) atoms. The molecule has 1 saturated carbocycles. The first-order chi connectivity index (χ1) is 10.7. The lowest BCUT2D eigenvalue weighted by Crippen LogP contribution is -2.52. The minimum Gasteiger partial charge on any atom is -0.482 e. The Morgan fingerprint density at radius 2 is 2.05 bits per heavy atom. The summed E-state index contributed by atoms with van der Waals surface area (Å²) < 4.78 is 11.1. The standard InChI is InChI=1S/C17H23NO4/c19-17(20)12-22-14-7-5-13(6-8-14)11-18-9-10-21-16-4-2-1-3-15(16)18/h5-8,15-16H,1-4,9-12H2,(H,19,20)/t15-,16-/m1/s1. The number of carbonyl (C=O) groups is 1. The average molecular weight is 305 g/mol. The number of benzene rings is 1. The first-order valence-electron chi connectivity index (χ1n) is 8.01. The molecular formula is C17H23NO4. The number of hydrogen-bond donors (Lipinski definition) is 1. The number of nitrogens with zero attached hydrogens (tertiary/aromatic N) is 1. The van der Waals surface area contributed by atoms with E-state index in [1.54, 1.807) is 0 Å². The molecule has 2 fully saturated rings. The predicted molar refractivity (Wildman–Crippen MR) is 82.0 cm³/mol. The Bertz CT molecular complexity index is 500. The summed E-state index contributed by atoms with van der Waals surface area (Å²) in [5.41, 5.74) is 1.23. The van der Waals surface area contributed by atoms with Gasteiger partial charge in [-0.15, -0.1) is 0 Å². The van der Waals surface area contributed by atoms with Crippen LogP contribution in [-0.2, 0) is 16.1 Å². The van der Waals surface area contributed by atoms with E-state index in [0.29, 0.717) is 17.9 Å². The molecule has 1 aliphatic heterocycles. The molecule has 0 unspecified atom stereocenters. The fourth-order valence-corrected chi connectivity index (χ4v) is 3.44. The second kappa shape index (κ2) is 7.11. The van der Waals surface area contributed by atoms with E-state index in [4.69, 9.17) is 14.6 Å². The molecule has 0 radical (unpaired) electrons. The lowest BCUT2D eigenvalue weighted by atomic mass is 9.90. The minimum atomic E-state index is -0.958. The molecule has 0 aromatic heterocycles. The van der Waals surface area contributed by atoms with Gasteiger partial charge < -0.3 is 14.6 Å². The van der Waals surface area contributed by atoms with E-state index >= 15 is 0 Å². The third-order valence-corrected chi connectivity index (χ3v) is 4.52. The maximum Gasteiger partial charge on any atom is 0.341 e. The van der Waals surface area contributed by atoms with Crippen molar-refractivity contribution in [1.82, 2.24) is 4.90 Å². The molecule has 1 aromatic carbocycles. The monoisotopic (exact) mass is 305 g/mol. The number of aliphatic carboxylic acids is 1. The zero-order chi connectivity index (χ0) is 15.4. The van der Waals surface area contributed by atoms with Gasteiger partial charge in [0.1, 0.15) is 5.75 Å². The lowest BCUT2D eigenvalue weighted by Gasteiger charge is -2.43. The summed E-state index contributed by atoms with van der Waals surface area (Å²) in [6.07, 6.45) is 5.39. The van der Waals surface area contributed by atoms with E-state index in [0.717, 1.165) is 19.7 Å². The van der Waals surface area contributed by atoms with Crippen LogP contribution < -0.4 is 4.74 Å². The van der Waals surface area contributed by atoms with E-state index in [9.17, 15) is 4.79 Å². The second-order valence-corrected chi connectivity index (χ2v) is 6.06. The van der Waals surface area contributed by atoms with Crippen molar-refractivity contribution >= 4 is 5.97 Å².